The molecule has 0 fully saturated rings. The summed E-state index contributed by atoms with van der Waals surface area (Å²) in [6.45, 7) is 0. The molecular formula is C16H14N2O2. The lowest BCUT2D eigenvalue weighted by Crippen LogP contribution is -1.92. The van der Waals surface area contributed by atoms with Crippen LogP contribution in [0.4, 0.5) is 0 Å². The highest BCUT2D eigenvalue weighted by Gasteiger charge is 2.08. The summed E-state index contributed by atoms with van der Waals surface area (Å²) in [6.07, 6.45) is 3.43. The second kappa shape index (κ2) is 6.39. The van der Waals surface area contributed by atoms with Gasteiger partial charge in [0.1, 0.15) is 0 Å². The van der Waals surface area contributed by atoms with Crippen LogP contribution in [0.3, 0.4) is 0 Å². The van der Waals surface area contributed by atoms with Crippen LogP contribution in [0.15, 0.2) is 42.6 Å². The van der Waals surface area contributed by atoms with Crippen LogP contribution >= 0.6 is 0 Å². The Bertz CT molecular complexity index is 658. The van der Waals surface area contributed by atoms with Crippen LogP contribution < -0.4 is 9.47 Å². The van der Waals surface area contributed by atoms with Gasteiger partial charge in [-0.05, 0) is 42.0 Å². The van der Waals surface area contributed by atoms with Crippen molar-refractivity contribution in [1.82, 2.24) is 4.98 Å². The first-order valence-corrected chi connectivity index (χ1v) is 6.03. The fourth-order valence-corrected chi connectivity index (χ4v) is 1.79. The number of hydrogen-bond donors (Lipinski definition) is 0. The van der Waals surface area contributed by atoms with Gasteiger partial charge >= 0.3 is 0 Å². The van der Waals surface area contributed by atoms with Crippen LogP contribution in [-0.4, -0.2) is 19.2 Å². The van der Waals surface area contributed by atoms with E-state index in [1.807, 2.05) is 24.3 Å². The molecule has 1 heterocycles. The highest BCUT2D eigenvalue weighted by Crippen LogP contribution is 2.30. The number of aromatic nitrogens is 1. The highest BCUT2D eigenvalue weighted by atomic mass is 16.5. The van der Waals surface area contributed by atoms with Crippen molar-refractivity contribution in [2.24, 2.45) is 0 Å². The third kappa shape index (κ3) is 2.96. The van der Waals surface area contributed by atoms with Crippen molar-refractivity contribution in [2.75, 3.05) is 14.2 Å². The Hall–Kier alpha value is -2.80. The van der Waals surface area contributed by atoms with E-state index in [4.69, 9.17) is 9.47 Å². The molecule has 0 aliphatic heterocycles. The summed E-state index contributed by atoms with van der Waals surface area (Å²) in [5, 5.41) is 9.31. The molecular weight excluding hydrogens is 252 g/mol. The van der Waals surface area contributed by atoms with Gasteiger partial charge in [-0.2, -0.15) is 5.26 Å². The summed E-state index contributed by atoms with van der Waals surface area (Å²) < 4.78 is 10.4. The molecule has 0 spiro atoms. The SMILES string of the molecule is COc1ccc(/C(C#N)=C\c2ccccn2)cc1OC. The summed E-state index contributed by atoms with van der Waals surface area (Å²) in [7, 11) is 3.14. The molecule has 0 radical (unpaired) electrons. The Morgan fingerprint density at radius 1 is 1.15 bits per heavy atom. The Kier molecular flexibility index (Phi) is 4.35. The number of ether oxygens (including phenoxy) is 2. The fourth-order valence-electron chi connectivity index (χ4n) is 1.79. The minimum atomic E-state index is 0.518. The van der Waals surface area contributed by atoms with E-state index >= 15 is 0 Å². The molecule has 0 saturated carbocycles. The molecule has 0 saturated heterocycles. The van der Waals surface area contributed by atoms with Gasteiger partial charge in [0.2, 0.25) is 0 Å². The van der Waals surface area contributed by atoms with E-state index in [2.05, 4.69) is 11.1 Å². The normalized spacial score (nSPS) is 10.8. The second-order valence-corrected chi connectivity index (χ2v) is 3.99. The first kappa shape index (κ1) is 13.6. The van der Waals surface area contributed by atoms with E-state index in [-0.39, 0.29) is 0 Å². The average Bonchev–Trinajstić information content (AvgIpc) is 2.53. The van der Waals surface area contributed by atoms with E-state index in [0.717, 1.165) is 11.3 Å². The molecule has 0 bridgehead atoms. The maximum atomic E-state index is 9.31. The van der Waals surface area contributed by atoms with Gasteiger partial charge in [0, 0.05) is 6.20 Å². The molecule has 0 aliphatic carbocycles. The zero-order valence-electron chi connectivity index (χ0n) is 11.3. The van der Waals surface area contributed by atoms with Crippen molar-refractivity contribution in [3.8, 4) is 17.6 Å². The standard InChI is InChI=1S/C16H14N2O2/c1-19-15-7-6-12(10-16(15)20-2)13(11-17)9-14-5-3-4-8-18-14/h3-10H,1-2H3/b13-9-. The second-order valence-electron chi connectivity index (χ2n) is 3.99. The van der Waals surface area contributed by atoms with E-state index in [9.17, 15) is 5.26 Å². The molecule has 2 rings (SSSR count). The molecule has 20 heavy (non-hydrogen) atoms. The molecule has 0 amide bonds. The predicted molar refractivity (Wildman–Crippen MR) is 77.3 cm³/mol. The zero-order chi connectivity index (χ0) is 14.4. The van der Waals surface area contributed by atoms with Crippen molar-refractivity contribution >= 4 is 11.6 Å². The van der Waals surface area contributed by atoms with Crippen molar-refractivity contribution in [1.29, 1.82) is 5.26 Å². The van der Waals surface area contributed by atoms with Crippen LogP contribution in [-0.2, 0) is 0 Å². The predicted octanol–water partition coefficient (Wildman–Crippen LogP) is 3.16. The number of hydrogen-bond acceptors (Lipinski definition) is 4. The van der Waals surface area contributed by atoms with Crippen molar-refractivity contribution < 1.29 is 9.47 Å². The van der Waals surface area contributed by atoms with E-state index in [1.54, 1.807) is 38.6 Å². The van der Waals surface area contributed by atoms with Crippen LogP contribution in [0, 0.1) is 11.3 Å². The van der Waals surface area contributed by atoms with Gasteiger partial charge in [-0.15, -0.1) is 0 Å². The lowest BCUT2D eigenvalue weighted by molar-refractivity contribution is 0.355. The van der Waals surface area contributed by atoms with Crippen molar-refractivity contribution in [3.05, 3.63) is 53.9 Å². The van der Waals surface area contributed by atoms with Gasteiger partial charge in [-0.1, -0.05) is 6.07 Å². The summed E-state index contributed by atoms with van der Waals surface area (Å²) in [5.74, 6) is 1.22. The number of nitrogens with zero attached hydrogens (tertiary/aromatic N) is 2. The van der Waals surface area contributed by atoms with Gasteiger partial charge in [-0.25, -0.2) is 0 Å². The summed E-state index contributed by atoms with van der Waals surface area (Å²) in [5.41, 5.74) is 2.01. The molecule has 100 valence electrons. The summed E-state index contributed by atoms with van der Waals surface area (Å²) in [4.78, 5) is 4.18. The number of rotatable bonds is 4. The Morgan fingerprint density at radius 3 is 2.55 bits per heavy atom. The largest absolute Gasteiger partial charge is 0.493 e. The summed E-state index contributed by atoms with van der Waals surface area (Å²) in [6, 6.07) is 13.1. The molecule has 4 nitrogen and oxygen atoms in total. The number of benzene rings is 1. The Labute approximate surface area is 117 Å². The maximum absolute atomic E-state index is 9.31. The van der Waals surface area contributed by atoms with Gasteiger partial charge < -0.3 is 9.47 Å². The monoisotopic (exact) mass is 266 g/mol. The number of nitriles is 1. The average molecular weight is 266 g/mol. The van der Waals surface area contributed by atoms with Crippen LogP contribution in [0.5, 0.6) is 11.5 Å². The zero-order valence-corrected chi connectivity index (χ0v) is 11.3. The van der Waals surface area contributed by atoms with Crippen LogP contribution in [0.1, 0.15) is 11.3 Å². The number of pyridine rings is 1. The third-order valence-corrected chi connectivity index (χ3v) is 2.79. The quantitative estimate of drug-likeness (QED) is 0.798. The molecule has 0 atom stereocenters. The lowest BCUT2D eigenvalue weighted by atomic mass is 10.0. The number of allylic oxidation sites excluding steroid dienone is 1. The van der Waals surface area contributed by atoms with Crippen molar-refractivity contribution in [2.45, 2.75) is 0 Å². The third-order valence-electron chi connectivity index (χ3n) is 2.79. The molecule has 4 heteroatoms. The van der Waals surface area contributed by atoms with Gasteiger partial charge in [0.05, 0.1) is 31.6 Å². The van der Waals surface area contributed by atoms with Crippen molar-refractivity contribution in [3.63, 3.8) is 0 Å². The Balaban J connectivity index is 2.43. The first-order valence-electron chi connectivity index (χ1n) is 6.03. The van der Waals surface area contributed by atoms with E-state index in [0.29, 0.717) is 17.1 Å². The van der Waals surface area contributed by atoms with Crippen LogP contribution in [0.25, 0.3) is 11.6 Å². The molecule has 0 aliphatic rings. The maximum Gasteiger partial charge on any atom is 0.161 e. The number of methoxy groups -OCH3 is 2. The smallest absolute Gasteiger partial charge is 0.161 e. The molecule has 2 aromatic rings. The Morgan fingerprint density at radius 2 is 1.95 bits per heavy atom. The topological polar surface area (TPSA) is 55.1 Å². The molecule has 0 N–H and O–H groups in total. The summed E-state index contributed by atoms with van der Waals surface area (Å²) >= 11 is 0. The van der Waals surface area contributed by atoms with E-state index < -0.39 is 0 Å². The van der Waals surface area contributed by atoms with Crippen LogP contribution in [0.2, 0.25) is 0 Å². The minimum absolute atomic E-state index is 0.518. The van der Waals surface area contributed by atoms with Gasteiger partial charge in [-0.3, -0.25) is 4.98 Å². The lowest BCUT2D eigenvalue weighted by Gasteiger charge is -2.09. The van der Waals surface area contributed by atoms with Gasteiger partial charge in [0.15, 0.2) is 11.5 Å². The highest BCUT2D eigenvalue weighted by molar-refractivity contribution is 5.89. The van der Waals surface area contributed by atoms with E-state index in [1.165, 1.54) is 0 Å². The molecule has 0 unspecified atom stereocenters. The molecule has 1 aromatic carbocycles. The minimum Gasteiger partial charge on any atom is -0.493 e. The van der Waals surface area contributed by atoms with Gasteiger partial charge in [0.25, 0.3) is 0 Å². The fraction of sp³-hybridized carbons (Fsp3) is 0.125. The first-order chi connectivity index (χ1) is 9.78. The molecule has 1 aromatic heterocycles.